The largest absolute Gasteiger partial charge is 0.480 e. The molecule has 116 valence electrons. The third-order valence-electron chi connectivity index (χ3n) is 2.64. The number of hydrogen-bond donors (Lipinski definition) is 3. The fraction of sp³-hybridized carbons (Fsp3) is 0.333. The van der Waals surface area contributed by atoms with Gasteiger partial charge in [-0.2, -0.15) is 0 Å². The second-order valence-electron chi connectivity index (χ2n) is 4.22. The highest BCUT2D eigenvalue weighted by Gasteiger charge is 2.28. The molecular formula is C12H15ClN2O5S. The minimum Gasteiger partial charge on any atom is -0.480 e. The molecule has 0 bridgehead atoms. The Morgan fingerprint density at radius 2 is 2.00 bits per heavy atom. The van der Waals surface area contributed by atoms with Gasteiger partial charge >= 0.3 is 5.97 Å². The average Bonchev–Trinajstić information content (AvgIpc) is 2.41. The third kappa shape index (κ3) is 4.61. The summed E-state index contributed by atoms with van der Waals surface area (Å²) in [4.78, 5) is 22.1. The summed E-state index contributed by atoms with van der Waals surface area (Å²) >= 11 is 5.87. The Morgan fingerprint density at radius 3 is 2.52 bits per heavy atom. The monoisotopic (exact) mass is 334 g/mol. The Morgan fingerprint density at radius 1 is 1.38 bits per heavy atom. The number of hydrogen-bond acceptors (Lipinski definition) is 4. The molecule has 1 aromatic rings. The smallest absolute Gasteiger partial charge is 0.323 e. The molecule has 0 aromatic heterocycles. The minimum atomic E-state index is -4.13. The van der Waals surface area contributed by atoms with E-state index in [4.69, 9.17) is 16.7 Å². The standard InChI is InChI=1S/C12H15ClN2O5S/c1-3-11(16)14-8-4-5-9(13)10(6-8)15-21(19,20)7(2)12(17)18/h4-7,15H,3H2,1-2H3,(H,14,16)(H,17,18). The number of carboxylic acid groups (broad SMARTS) is 1. The summed E-state index contributed by atoms with van der Waals surface area (Å²) in [5.74, 6) is -1.72. The van der Waals surface area contributed by atoms with Crippen LogP contribution in [-0.4, -0.2) is 30.7 Å². The van der Waals surface area contributed by atoms with Crippen molar-refractivity contribution in [3.05, 3.63) is 23.2 Å². The van der Waals surface area contributed by atoms with Crippen LogP contribution in [0.25, 0.3) is 0 Å². The number of nitrogens with one attached hydrogen (secondary N) is 2. The first-order chi connectivity index (χ1) is 9.67. The predicted octanol–water partition coefficient (Wildman–Crippen LogP) is 1.90. The first-order valence-electron chi connectivity index (χ1n) is 6.01. The summed E-state index contributed by atoms with van der Waals surface area (Å²) in [7, 11) is -4.13. The Hall–Kier alpha value is -1.80. The van der Waals surface area contributed by atoms with Gasteiger partial charge in [-0.3, -0.25) is 14.3 Å². The predicted molar refractivity (Wildman–Crippen MR) is 80.0 cm³/mol. The summed E-state index contributed by atoms with van der Waals surface area (Å²) in [5, 5.41) is 9.76. The quantitative estimate of drug-likeness (QED) is 0.735. The van der Waals surface area contributed by atoms with Gasteiger partial charge in [-0.1, -0.05) is 18.5 Å². The molecule has 0 aliphatic heterocycles. The first kappa shape index (κ1) is 17.3. The maximum Gasteiger partial charge on any atom is 0.323 e. The number of sulfonamides is 1. The second kappa shape index (κ2) is 6.77. The minimum absolute atomic E-state index is 0.00123. The Bertz CT molecular complexity index is 660. The second-order valence-corrected chi connectivity index (χ2v) is 6.63. The van der Waals surface area contributed by atoms with E-state index in [1.165, 1.54) is 18.2 Å². The van der Waals surface area contributed by atoms with Crippen molar-refractivity contribution < 1.29 is 23.1 Å². The lowest BCUT2D eigenvalue weighted by atomic mass is 10.2. The highest BCUT2D eigenvalue weighted by Crippen LogP contribution is 2.27. The van der Waals surface area contributed by atoms with Gasteiger partial charge in [0, 0.05) is 12.1 Å². The van der Waals surface area contributed by atoms with E-state index >= 15 is 0 Å². The molecule has 0 heterocycles. The van der Waals surface area contributed by atoms with Crippen LogP contribution in [0.15, 0.2) is 18.2 Å². The Balaban J connectivity index is 3.05. The van der Waals surface area contributed by atoms with Crippen LogP contribution in [0.5, 0.6) is 0 Å². The van der Waals surface area contributed by atoms with Gasteiger partial charge in [0.05, 0.1) is 10.7 Å². The highest BCUT2D eigenvalue weighted by atomic mass is 35.5. The normalized spacial score (nSPS) is 12.5. The van der Waals surface area contributed by atoms with Crippen LogP contribution in [0.4, 0.5) is 11.4 Å². The van der Waals surface area contributed by atoms with E-state index in [2.05, 4.69) is 10.0 Å². The highest BCUT2D eigenvalue weighted by molar-refractivity contribution is 7.94. The summed E-state index contributed by atoms with van der Waals surface area (Å²) in [6.07, 6.45) is 0.264. The van der Waals surface area contributed by atoms with E-state index in [0.29, 0.717) is 5.69 Å². The number of amides is 1. The van der Waals surface area contributed by atoms with Crippen LogP contribution >= 0.6 is 11.6 Å². The Kier molecular flexibility index (Phi) is 5.56. The van der Waals surface area contributed by atoms with Crippen molar-refractivity contribution in [1.82, 2.24) is 0 Å². The topological polar surface area (TPSA) is 113 Å². The number of carboxylic acids is 1. The van der Waals surface area contributed by atoms with Crippen LogP contribution in [-0.2, 0) is 19.6 Å². The van der Waals surface area contributed by atoms with E-state index in [9.17, 15) is 18.0 Å². The van der Waals surface area contributed by atoms with Crippen molar-refractivity contribution in [3.63, 3.8) is 0 Å². The number of rotatable bonds is 6. The molecule has 0 spiro atoms. The molecule has 0 radical (unpaired) electrons. The number of aliphatic carboxylic acids is 1. The van der Waals surface area contributed by atoms with E-state index in [1.807, 2.05) is 0 Å². The van der Waals surface area contributed by atoms with Gasteiger partial charge in [0.15, 0.2) is 5.25 Å². The molecule has 1 atom stereocenters. The van der Waals surface area contributed by atoms with Gasteiger partial charge < -0.3 is 10.4 Å². The summed E-state index contributed by atoms with van der Waals surface area (Å²) < 4.78 is 25.8. The van der Waals surface area contributed by atoms with Gasteiger partial charge in [-0.25, -0.2) is 8.42 Å². The fourth-order valence-corrected chi connectivity index (χ4v) is 2.44. The van der Waals surface area contributed by atoms with Crippen LogP contribution in [0.3, 0.4) is 0 Å². The zero-order valence-electron chi connectivity index (χ0n) is 11.4. The van der Waals surface area contributed by atoms with Crippen LogP contribution in [0.2, 0.25) is 5.02 Å². The molecule has 0 fully saturated rings. The lowest BCUT2D eigenvalue weighted by molar-refractivity contribution is -0.136. The van der Waals surface area contributed by atoms with Gasteiger partial charge in [0.2, 0.25) is 15.9 Å². The summed E-state index contributed by atoms with van der Waals surface area (Å²) in [6.45, 7) is 2.71. The van der Waals surface area contributed by atoms with Crippen LogP contribution in [0.1, 0.15) is 20.3 Å². The molecule has 1 aromatic carbocycles. The molecule has 0 aliphatic rings. The van der Waals surface area contributed by atoms with Gasteiger partial charge in [-0.15, -0.1) is 0 Å². The van der Waals surface area contributed by atoms with Crippen molar-refractivity contribution in [2.24, 2.45) is 0 Å². The van der Waals surface area contributed by atoms with Crippen molar-refractivity contribution in [2.75, 3.05) is 10.0 Å². The van der Waals surface area contributed by atoms with Crippen molar-refractivity contribution in [1.29, 1.82) is 0 Å². The van der Waals surface area contributed by atoms with Gasteiger partial charge in [0.25, 0.3) is 0 Å². The van der Waals surface area contributed by atoms with Gasteiger partial charge in [-0.05, 0) is 25.1 Å². The first-order valence-corrected chi connectivity index (χ1v) is 7.93. The van der Waals surface area contributed by atoms with E-state index in [0.717, 1.165) is 6.92 Å². The van der Waals surface area contributed by atoms with Crippen LogP contribution < -0.4 is 10.0 Å². The molecule has 9 heteroatoms. The van der Waals surface area contributed by atoms with Crippen molar-refractivity contribution in [3.8, 4) is 0 Å². The number of anilines is 2. The molecular weight excluding hydrogens is 320 g/mol. The fourth-order valence-electron chi connectivity index (χ4n) is 1.30. The molecule has 1 amide bonds. The van der Waals surface area contributed by atoms with Crippen molar-refractivity contribution in [2.45, 2.75) is 25.5 Å². The zero-order valence-corrected chi connectivity index (χ0v) is 13.0. The number of benzene rings is 1. The average molecular weight is 335 g/mol. The zero-order chi connectivity index (χ0) is 16.2. The number of carbonyl (C=O) groups excluding carboxylic acids is 1. The van der Waals surface area contributed by atoms with E-state index < -0.39 is 21.2 Å². The SMILES string of the molecule is CCC(=O)Nc1ccc(Cl)c(NS(=O)(=O)C(C)C(=O)O)c1. The molecule has 1 unspecified atom stereocenters. The number of carbonyl (C=O) groups is 2. The van der Waals surface area contributed by atoms with Gasteiger partial charge in [0.1, 0.15) is 0 Å². The van der Waals surface area contributed by atoms with Crippen LogP contribution in [0, 0.1) is 0 Å². The lowest BCUT2D eigenvalue weighted by Crippen LogP contribution is -2.32. The molecule has 7 nitrogen and oxygen atoms in total. The lowest BCUT2D eigenvalue weighted by Gasteiger charge is -2.14. The molecule has 3 N–H and O–H groups in total. The third-order valence-corrected chi connectivity index (χ3v) is 4.60. The summed E-state index contributed by atoms with van der Waals surface area (Å²) in [5.41, 5.74) is 0.352. The maximum atomic E-state index is 11.8. The van der Waals surface area contributed by atoms with E-state index in [1.54, 1.807) is 6.92 Å². The van der Waals surface area contributed by atoms with E-state index in [-0.39, 0.29) is 23.0 Å². The molecule has 0 aliphatic carbocycles. The maximum absolute atomic E-state index is 11.8. The molecule has 21 heavy (non-hydrogen) atoms. The molecule has 1 rings (SSSR count). The number of halogens is 1. The summed E-state index contributed by atoms with van der Waals surface area (Å²) in [6, 6.07) is 4.23. The molecule has 0 saturated carbocycles. The molecule has 0 saturated heterocycles. The van der Waals surface area contributed by atoms with Crippen molar-refractivity contribution >= 4 is 44.9 Å². The Labute approximate surface area is 127 Å².